The SMILES string of the molecule is CN(C)CC[C@H](CSc1ccccc1)Nc1ccc(S(=O)(=O)Nc2ccc(N3CCN(c4cccc(-c5c(CNS(C)(=O)=O)ncn5-c5ccc(Cl)cc5)c4)CC3)cc2)cc1[N+](=O)[O-]. The number of rotatable bonds is 19. The van der Waals surface area contributed by atoms with E-state index in [0.29, 0.717) is 48.3 Å². The van der Waals surface area contributed by atoms with E-state index in [-0.39, 0.29) is 28.9 Å². The fourth-order valence-electron chi connectivity index (χ4n) is 7.34. The Labute approximate surface area is 383 Å². The van der Waals surface area contributed by atoms with Crippen molar-refractivity contribution in [3.63, 3.8) is 0 Å². The number of thioether (sulfide) groups is 1. The van der Waals surface area contributed by atoms with E-state index in [0.717, 1.165) is 58.5 Å². The fourth-order valence-corrected chi connectivity index (χ4v) is 9.94. The predicted molar refractivity (Wildman–Crippen MR) is 258 cm³/mol. The summed E-state index contributed by atoms with van der Waals surface area (Å²) >= 11 is 7.82. The Kier molecular flexibility index (Phi) is 14.8. The second kappa shape index (κ2) is 20.5. The van der Waals surface area contributed by atoms with Crippen LogP contribution in [-0.4, -0.2) is 101 Å². The number of hydrogen-bond acceptors (Lipinski definition) is 12. The second-order valence-electron chi connectivity index (χ2n) is 15.6. The van der Waals surface area contributed by atoms with Crippen molar-refractivity contribution in [2.24, 2.45) is 0 Å². The fraction of sp³-hybridized carbons (Fsp3) is 0.267. The topological polar surface area (TPSA) is 175 Å². The van der Waals surface area contributed by atoms with Gasteiger partial charge in [0, 0.05) is 82.3 Å². The van der Waals surface area contributed by atoms with Crippen LogP contribution in [0.5, 0.6) is 0 Å². The number of halogens is 1. The lowest BCUT2D eigenvalue weighted by atomic mass is 10.1. The van der Waals surface area contributed by atoms with Crippen LogP contribution in [0.3, 0.4) is 0 Å². The summed E-state index contributed by atoms with van der Waals surface area (Å²) < 4.78 is 58.2. The van der Waals surface area contributed by atoms with Gasteiger partial charge < -0.3 is 20.0 Å². The first-order valence-corrected chi connectivity index (χ1v) is 25.2. The first kappa shape index (κ1) is 46.4. The predicted octanol–water partition coefficient (Wildman–Crippen LogP) is 7.80. The van der Waals surface area contributed by atoms with E-state index < -0.39 is 25.0 Å². The van der Waals surface area contributed by atoms with E-state index in [2.05, 4.69) is 40.5 Å². The van der Waals surface area contributed by atoms with Gasteiger partial charge in [-0.2, -0.15) is 0 Å². The van der Waals surface area contributed by atoms with Crippen LogP contribution in [0, 0.1) is 10.1 Å². The van der Waals surface area contributed by atoms with Crippen molar-refractivity contribution in [3.8, 4) is 16.9 Å². The maximum Gasteiger partial charge on any atom is 0.293 e. The zero-order valence-electron chi connectivity index (χ0n) is 35.6. The van der Waals surface area contributed by atoms with Gasteiger partial charge in [0.25, 0.3) is 15.7 Å². The van der Waals surface area contributed by atoms with Crippen LogP contribution in [0.1, 0.15) is 12.1 Å². The molecule has 19 heteroatoms. The highest BCUT2D eigenvalue weighted by molar-refractivity contribution is 7.99. The van der Waals surface area contributed by atoms with Crippen LogP contribution in [0.2, 0.25) is 5.02 Å². The van der Waals surface area contributed by atoms with Gasteiger partial charge in [0.1, 0.15) is 12.0 Å². The first-order chi connectivity index (χ1) is 30.6. The summed E-state index contributed by atoms with van der Waals surface area (Å²) in [4.78, 5) is 23.7. The summed E-state index contributed by atoms with van der Waals surface area (Å²) in [7, 11) is -3.68. The lowest BCUT2D eigenvalue weighted by Gasteiger charge is -2.37. The van der Waals surface area contributed by atoms with E-state index in [1.165, 1.54) is 12.1 Å². The molecule has 1 aliphatic rings. The Morgan fingerprint density at radius 3 is 2.16 bits per heavy atom. The first-order valence-electron chi connectivity index (χ1n) is 20.5. The van der Waals surface area contributed by atoms with E-state index in [1.54, 1.807) is 42.4 Å². The molecule has 6 aromatic rings. The van der Waals surface area contributed by atoms with Crippen molar-refractivity contribution in [1.82, 2.24) is 19.2 Å². The van der Waals surface area contributed by atoms with Crippen molar-refractivity contribution >= 4 is 71.8 Å². The van der Waals surface area contributed by atoms with Crippen LogP contribution < -0.4 is 24.6 Å². The van der Waals surface area contributed by atoms with Crippen molar-refractivity contribution in [2.45, 2.75) is 28.8 Å². The Morgan fingerprint density at radius 2 is 1.50 bits per heavy atom. The number of nitrogens with one attached hydrogen (secondary N) is 3. The Bertz CT molecular complexity index is 2770. The van der Waals surface area contributed by atoms with E-state index >= 15 is 0 Å². The second-order valence-corrected chi connectivity index (χ2v) is 20.7. The molecule has 0 amide bonds. The lowest BCUT2D eigenvalue weighted by Crippen LogP contribution is -2.46. The van der Waals surface area contributed by atoms with Crippen LogP contribution in [0.15, 0.2) is 137 Å². The molecule has 336 valence electrons. The minimum Gasteiger partial charge on any atom is -0.376 e. The maximum absolute atomic E-state index is 13.6. The average molecular weight is 945 g/mol. The quantitative estimate of drug-likeness (QED) is 0.0409. The average Bonchev–Trinajstić information content (AvgIpc) is 3.71. The highest BCUT2D eigenvalue weighted by atomic mass is 35.5. The highest BCUT2D eigenvalue weighted by Crippen LogP contribution is 2.33. The zero-order chi connectivity index (χ0) is 45.4. The largest absolute Gasteiger partial charge is 0.376 e. The number of piperazine rings is 1. The zero-order valence-corrected chi connectivity index (χ0v) is 38.8. The van der Waals surface area contributed by atoms with Gasteiger partial charge in [-0.25, -0.2) is 26.5 Å². The number of nitro groups is 1. The molecule has 1 saturated heterocycles. The number of nitrogens with zero attached hydrogens (tertiary/aromatic N) is 6. The Morgan fingerprint density at radius 1 is 0.828 bits per heavy atom. The molecule has 0 spiro atoms. The van der Waals surface area contributed by atoms with Crippen LogP contribution in [-0.2, 0) is 26.6 Å². The van der Waals surface area contributed by atoms with Crippen molar-refractivity contribution in [2.75, 3.05) is 78.7 Å². The number of aromatic nitrogens is 2. The van der Waals surface area contributed by atoms with Gasteiger partial charge in [0.2, 0.25) is 10.0 Å². The summed E-state index contributed by atoms with van der Waals surface area (Å²) in [5.41, 5.74) is 5.23. The minimum atomic E-state index is -4.17. The molecule has 64 heavy (non-hydrogen) atoms. The smallest absolute Gasteiger partial charge is 0.293 e. The molecule has 0 radical (unpaired) electrons. The molecule has 1 fully saturated rings. The lowest BCUT2D eigenvalue weighted by molar-refractivity contribution is -0.384. The summed E-state index contributed by atoms with van der Waals surface area (Å²) in [6.07, 6.45) is 3.52. The van der Waals surface area contributed by atoms with E-state index in [4.69, 9.17) is 11.6 Å². The Hall–Kier alpha value is -5.63. The van der Waals surface area contributed by atoms with E-state index in [9.17, 15) is 26.9 Å². The molecular weight excluding hydrogens is 894 g/mol. The summed E-state index contributed by atoms with van der Waals surface area (Å²) in [6, 6.07) is 36.3. The van der Waals surface area contributed by atoms with Crippen LogP contribution >= 0.6 is 23.4 Å². The molecule has 1 aromatic heterocycles. The molecule has 0 saturated carbocycles. The molecule has 0 unspecified atom stereocenters. The van der Waals surface area contributed by atoms with Crippen molar-refractivity contribution in [1.29, 1.82) is 0 Å². The summed E-state index contributed by atoms with van der Waals surface area (Å²) in [5, 5.41) is 16.2. The molecule has 0 bridgehead atoms. The summed E-state index contributed by atoms with van der Waals surface area (Å²) in [5.74, 6) is 0.660. The van der Waals surface area contributed by atoms with Gasteiger partial charge in [0.05, 0.1) is 34.0 Å². The molecule has 0 aliphatic carbocycles. The van der Waals surface area contributed by atoms with E-state index in [1.807, 2.05) is 91.5 Å². The van der Waals surface area contributed by atoms with Crippen molar-refractivity contribution in [3.05, 3.63) is 148 Å². The number of imidazole rings is 1. The van der Waals surface area contributed by atoms with Gasteiger partial charge in [-0.05, 0) is 112 Å². The third-order valence-corrected chi connectivity index (χ3v) is 14.1. The van der Waals surface area contributed by atoms with Gasteiger partial charge in [0.15, 0.2) is 0 Å². The normalized spacial score (nSPS) is 13.8. The highest BCUT2D eigenvalue weighted by Gasteiger charge is 2.25. The van der Waals surface area contributed by atoms with Crippen molar-refractivity contribution < 1.29 is 21.8 Å². The number of hydrogen-bond donors (Lipinski definition) is 3. The molecule has 15 nitrogen and oxygen atoms in total. The van der Waals surface area contributed by atoms with Gasteiger partial charge in [-0.1, -0.05) is 41.9 Å². The number of nitro benzene ring substituents is 1. The van der Waals surface area contributed by atoms with Gasteiger partial charge in [-0.15, -0.1) is 11.8 Å². The molecule has 5 aromatic carbocycles. The van der Waals surface area contributed by atoms with Gasteiger partial charge in [-0.3, -0.25) is 19.4 Å². The van der Waals surface area contributed by atoms with Crippen LogP contribution in [0.4, 0.5) is 28.4 Å². The molecule has 2 heterocycles. The molecule has 1 aliphatic heterocycles. The maximum atomic E-state index is 13.6. The number of benzene rings is 5. The monoisotopic (exact) mass is 943 g/mol. The standard InChI is InChI=1S/C45H50ClN9O6S3/c1-51(2)23-22-36(31-62-40-10-5-4-6-11-40)49-42-21-20-41(29-44(42)55(56)57)64(60,61)50-35-14-18-37(19-15-35)52-24-26-53(27-25-52)39-9-7-8-33(28-39)45-43(30-48-63(3,58)59)47-32-54(45)38-16-12-34(46)13-17-38/h4-21,28-29,32,36,48-50H,22-27,30-31H2,1-3H3/t36-/m1/s1. The molecule has 1 atom stereocenters. The third kappa shape index (κ3) is 12.1. The number of sulfonamides is 2. The van der Waals surface area contributed by atoms with Crippen LogP contribution in [0.25, 0.3) is 16.9 Å². The molecule has 7 rings (SSSR count). The minimum absolute atomic E-state index is 0.0267. The molecular formula is C45H50ClN9O6S3. The molecule has 3 N–H and O–H groups in total. The van der Waals surface area contributed by atoms with Gasteiger partial charge >= 0.3 is 0 Å². The Balaban J connectivity index is 0.999. The third-order valence-electron chi connectivity index (χ3n) is 10.7. The summed E-state index contributed by atoms with van der Waals surface area (Å²) in [6.45, 7) is 3.61. The number of anilines is 4.